The summed E-state index contributed by atoms with van der Waals surface area (Å²) >= 11 is 3.00. The van der Waals surface area contributed by atoms with Gasteiger partial charge in [-0.05, 0) is 6.92 Å². The van der Waals surface area contributed by atoms with Gasteiger partial charge < -0.3 is 9.26 Å². The van der Waals surface area contributed by atoms with Crippen LogP contribution in [0.1, 0.15) is 16.2 Å². The van der Waals surface area contributed by atoms with E-state index in [-0.39, 0.29) is 11.6 Å². The number of carbonyl (C=O) groups excluding carboxylic acids is 1. The fraction of sp³-hybridized carbons (Fsp3) is 0.538. The number of nitrogens with one attached hydrogen (secondary N) is 1. The average Bonchev–Trinajstić information content (AvgIpc) is 3.18. The molecule has 0 aromatic carbocycles. The summed E-state index contributed by atoms with van der Waals surface area (Å²) in [5.74, 6) is 1.18. The number of nitrogens with zero attached hydrogens (tertiary/aromatic N) is 4. The number of ether oxygens (including phenoxy) is 1. The van der Waals surface area contributed by atoms with Gasteiger partial charge in [0.1, 0.15) is 5.76 Å². The Balaban J connectivity index is 1.45. The van der Waals surface area contributed by atoms with Gasteiger partial charge in [-0.15, -0.1) is 10.2 Å². The second-order valence-electron chi connectivity index (χ2n) is 4.95. The maximum atomic E-state index is 11.9. The first-order valence-corrected chi connectivity index (χ1v) is 9.02. The van der Waals surface area contributed by atoms with Crippen LogP contribution in [0.3, 0.4) is 0 Å². The number of amides is 1. The monoisotopic (exact) mass is 355 g/mol. The number of morpholine rings is 1. The summed E-state index contributed by atoms with van der Waals surface area (Å²) in [7, 11) is 0. The highest BCUT2D eigenvalue weighted by Crippen LogP contribution is 2.25. The lowest BCUT2D eigenvalue weighted by Crippen LogP contribution is -2.37. The Bertz CT molecular complexity index is 654. The van der Waals surface area contributed by atoms with Gasteiger partial charge >= 0.3 is 0 Å². The number of hydrogen-bond donors (Lipinski definition) is 1. The molecule has 2 aromatic rings. The quantitative estimate of drug-likeness (QED) is 0.616. The minimum Gasteiger partial charge on any atom is -0.379 e. The lowest BCUT2D eigenvalue weighted by Gasteiger charge is -2.25. The standard InChI is InChI=1S/C13H17N5O3S2/c1-9-8-10(17-21-9)11(19)14-12-15-16-13(23-12)22-7-4-18-2-5-20-6-3-18/h8H,2-7H2,1H3,(H,14,15,19). The predicted molar refractivity (Wildman–Crippen MR) is 87.1 cm³/mol. The van der Waals surface area contributed by atoms with E-state index in [0.717, 1.165) is 42.9 Å². The Morgan fingerprint density at radius 3 is 3.00 bits per heavy atom. The second-order valence-corrected chi connectivity index (χ2v) is 7.27. The molecule has 0 radical (unpaired) electrons. The molecule has 1 aliphatic heterocycles. The van der Waals surface area contributed by atoms with E-state index >= 15 is 0 Å². The van der Waals surface area contributed by atoms with Crippen molar-refractivity contribution < 1.29 is 14.1 Å². The van der Waals surface area contributed by atoms with Crippen molar-refractivity contribution in [3.8, 4) is 0 Å². The fourth-order valence-electron chi connectivity index (χ4n) is 2.04. The molecule has 0 spiro atoms. The zero-order valence-electron chi connectivity index (χ0n) is 12.7. The molecule has 0 atom stereocenters. The Labute approximate surface area is 141 Å². The zero-order chi connectivity index (χ0) is 16.1. The predicted octanol–water partition coefficient (Wildman–Crippen LogP) is 1.51. The van der Waals surface area contributed by atoms with Gasteiger partial charge in [0.25, 0.3) is 5.91 Å². The molecule has 1 saturated heterocycles. The highest BCUT2D eigenvalue weighted by atomic mass is 32.2. The molecule has 1 fully saturated rings. The first-order chi connectivity index (χ1) is 11.2. The molecule has 0 bridgehead atoms. The Morgan fingerprint density at radius 1 is 1.43 bits per heavy atom. The van der Waals surface area contributed by atoms with Gasteiger partial charge in [0.2, 0.25) is 5.13 Å². The molecule has 1 aliphatic rings. The van der Waals surface area contributed by atoms with Crippen LogP contribution in [-0.4, -0.2) is 64.8 Å². The molecule has 3 heterocycles. The van der Waals surface area contributed by atoms with Gasteiger partial charge in [0, 0.05) is 31.5 Å². The lowest BCUT2D eigenvalue weighted by molar-refractivity contribution is 0.0410. The van der Waals surface area contributed by atoms with Gasteiger partial charge in [-0.1, -0.05) is 28.3 Å². The van der Waals surface area contributed by atoms with E-state index < -0.39 is 0 Å². The number of rotatable bonds is 6. The topological polar surface area (TPSA) is 93.4 Å². The average molecular weight is 355 g/mol. The molecule has 124 valence electrons. The van der Waals surface area contributed by atoms with Crippen molar-refractivity contribution in [1.82, 2.24) is 20.3 Å². The molecule has 8 nitrogen and oxygen atoms in total. The van der Waals surface area contributed by atoms with Crippen molar-refractivity contribution in [3.05, 3.63) is 17.5 Å². The van der Waals surface area contributed by atoms with E-state index in [1.165, 1.54) is 11.3 Å². The summed E-state index contributed by atoms with van der Waals surface area (Å²) in [6.45, 7) is 6.30. The van der Waals surface area contributed by atoms with Crippen molar-refractivity contribution in [3.63, 3.8) is 0 Å². The molecule has 0 unspecified atom stereocenters. The normalized spacial score (nSPS) is 15.7. The van der Waals surface area contributed by atoms with Crippen LogP contribution in [0.4, 0.5) is 5.13 Å². The smallest absolute Gasteiger partial charge is 0.279 e. The fourth-order valence-corrected chi connectivity index (χ4v) is 3.86. The van der Waals surface area contributed by atoms with E-state index in [1.54, 1.807) is 24.8 Å². The zero-order valence-corrected chi connectivity index (χ0v) is 14.3. The Morgan fingerprint density at radius 2 is 2.26 bits per heavy atom. The van der Waals surface area contributed by atoms with Crippen LogP contribution >= 0.6 is 23.1 Å². The highest BCUT2D eigenvalue weighted by Gasteiger charge is 2.15. The van der Waals surface area contributed by atoms with E-state index in [2.05, 4.69) is 25.6 Å². The summed E-state index contributed by atoms with van der Waals surface area (Å²) in [5.41, 5.74) is 0.235. The molecule has 0 saturated carbocycles. The van der Waals surface area contributed by atoms with E-state index in [1.807, 2.05) is 0 Å². The summed E-state index contributed by atoms with van der Waals surface area (Å²) in [5, 5.41) is 14.9. The number of anilines is 1. The minimum absolute atomic E-state index is 0.235. The van der Waals surface area contributed by atoms with Crippen LogP contribution in [-0.2, 0) is 4.74 Å². The van der Waals surface area contributed by atoms with Crippen LogP contribution in [0.2, 0.25) is 0 Å². The molecular formula is C13H17N5O3S2. The third-order valence-electron chi connectivity index (χ3n) is 3.22. The number of aryl methyl sites for hydroxylation is 1. The summed E-state index contributed by atoms with van der Waals surface area (Å²) in [6, 6.07) is 1.58. The van der Waals surface area contributed by atoms with Gasteiger partial charge in [-0.3, -0.25) is 15.0 Å². The number of hydrogen-bond acceptors (Lipinski definition) is 9. The van der Waals surface area contributed by atoms with Crippen LogP contribution in [0.5, 0.6) is 0 Å². The molecular weight excluding hydrogens is 338 g/mol. The maximum absolute atomic E-state index is 11.9. The second kappa shape index (κ2) is 7.86. The third kappa shape index (κ3) is 4.74. The van der Waals surface area contributed by atoms with Gasteiger partial charge in [0.05, 0.1) is 13.2 Å². The van der Waals surface area contributed by atoms with Crippen molar-refractivity contribution in [1.29, 1.82) is 0 Å². The van der Waals surface area contributed by atoms with Crippen molar-refractivity contribution in [2.75, 3.05) is 43.9 Å². The lowest BCUT2D eigenvalue weighted by atomic mass is 10.4. The molecule has 0 aliphatic carbocycles. The molecule has 23 heavy (non-hydrogen) atoms. The molecule has 3 rings (SSSR count). The van der Waals surface area contributed by atoms with Crippen molar-refractivity contribution in [2.24, 2.45) is 0 Å². The molecule has 1 N–H and O–H groups in total. The molecule has 1 amide bonds. The van der Waals surface area contributed by atoms with Crippen LogP contribution in [0.25, 0.3) is 0 Å². The number of carbonyl (C=O) groups is 1. The van der Waals surface area contributed by atoms with E-state index in [4.69, 9.17) is 9.26 Å². The van der Waals surface area contributed by atoms with Crippen molar-refractivity contribution in [2.45, 2.75) is 11.3 Å². The Kier molecular flexibility index (Phi) is 5.60. The number of aromatic nitrogens is 3. The highest BCUT2D eigenvalue weighted by molar-refractivity contribution is 8.01. The van der Waals surface area contributed by atoms with Gasteiger partial charge in [0.15, 0.2) is 10.0 Å². The van der Waals surface area contributed by atoms with E-state index in [9.17, 15) is 4.79 Å². The first kappa shape index (κ1) is 16.4. The van der Waals surface area contributed by atoms with Crippen LogP contribution < -0.4 is 5.32 Å². The van der Waals surface area contributed by atoms with Crippen LogP contribution in [0, 0.1) is 6.92 Å². The van der Waals surface area contributed by atoms with Crippen molar-refractivity contribution >= 4 is 34.1 Å². The van der Waals surface area contributed by atoms with Gasteiger partial charge in [-0.25, -0.2) is 0 Å². The summed E-state index contributed by atoms with van der Waals surface area (Å²) in [6.07, 6.45) is 0. The summed E-state index contributed by atoms with van der Waals surface area (Å²) < 4.78 is 11.0. The van der Waals surface area contributed by atoms with Gasteiger partial charge in [-0.2, -0.15) is 0 Å². The first-order valence-electron chi connectivity index (χ1n) is 7.22. The van der Waals surface area contributed by atoms with E-state index in [0.29, 0.717) is 10.9 Å². The minimum atomic E-state index is -0.345. The third-order valence-corrected chi connectivity index (χ3v) is 5.18. The number of thioether (sulfide) groups is 1. The summed E-state index contributed by atoms with van der Waals surface area (Å²) in [4.78, 5) is 14.3. The Hall–Kier alpha value is -1.49. The largest absolute Gasteiger partial charge is 0.379 e. The molecule has 10 heteroatoms. The maximum Gasteiger partial charge on any atom is 0.279 e. The molecule has 2 aromatic heterocycles. The van der Waals surface area contributed by atoms with Crippen LogP contribution in [0.15, 0.2) is 14.9 Å². The SMILES string of the molecule is Cc1cc(C(=O)Nc2nnc(SCCN3CCOCC3)s2)no1.